The number of aromatic nitrogens is 1. The van der Waals surface area contributed by atoms with Gasteiger partial charge < -0.3 is 10.4 Å². The van der Waals surface area contributed by atoms with Crippen molar-refractivity contribution in [2.75, 3.05) is 6.61 Å². The predicted octanol–water partition coefficient (Wildman–Crippen LogP) is 1.71. The van der Waals surface area contributed by atoms with E-state index in [2.05, 4.69) is 10.3 Å². The molecule has 5 unspecified atom stereocenters. The van der Waals surface area contributed by atoms with Gasteiger partial charge in [-0.1, -0.05) is 6.07 Å². The molecule has 5 atom stereocenters. The highest BCUT2D eigenvalue weighted by atomic mass is 16.3. The molecule has 1 amide bonds. The minimum absolute atomic E-state index is 0.0500. The summed E-state index contributed by atoms with van der Waals surface area (Å²) < 4.78 is 0. The van der Waals surface area contributed by atoms with E-state index in [0.29, 0.717) is 11.8 Å². The monoisotopic (exact) mass is 274 g/mol. The van der Waals surface area contributed by atoms with Crippen LogP contribution < -0.4 is 5.32 Å². The summed E-state index contributed by atoms with van der Waals surface area (Å²) >= 11 is 0. The number of hydrogen-bond donors (Lipinski definition) is 2. The lowest BCUT2D eigenvalue weighted by atomic mass is 9.84. The number of aliphatic hydroxyl groups is 1. The fourth-order valence-corrected chi connectivity index (χ4v) is 3.97. The maximum atomic E-state index is 12.4. The first-order valence-electron chi connectivity index (χ1n) is 7.52. The van der Waals surface area contributed by atoms with E-state index < -0.39 is 0 Å². The highest BCUT2D eigenvalue weighted by molar-refractivity contribution is 5.83. The Kier molecular flexibility index (Phi) is 3.74. The number of nitrogens with one attached hydrogen (secondary N) is 1. The molecule has 1 heterocycles. The molecule has 20 heavy (non-hydrogen) atoms. The van der Waals surface area contributed by atoms with E-state index in [0.717, 1.165) is 12.0 Å². The van der Waals surface area contributed by atoms with E-state index in [1.165, 1.54) is 12.8 Å². The maximum Gasteiger partial charge on any atom is 0.227 e. The molecule has 0 saturated heterocycles. The molecule has 2 aliphatic rings. The summed E-state index contributed by atoms with van der Waals surface area (Å²) in [6, 6.07) is 3.94. The lowest BCUT2D eigenvalue weighted by Gasteiger charge is -2.31. The number of rotatable bonds is 4. The van der Waals surface area contributed by atoms with Gasteiger partial charge in [0.05, 0.1) is 5.92 Å². The molecule has 0 aromatic carbocycles. The van der Waals surface area contributed by atoms with Gasteiger partial charge in [-0.15, -0.1) is 0 Å². The molecule has 2 bridgehead atoms. The minimum Gasteiger partial charge on any atom is -0.396 e. The largest absolute Gasteiger partial charge is 0.396 e. The molecular formula is C16H22N2O2. The van der Waals surface area contributed by atoms with Gasteiger partial charge in [-0.3, -0.25) is 9.78 Å². The number of nitrogens with zero attached hydrogens (tertiary/aromatic N) is 1. The van der Waals surface area contributed by atoms with Crippen LogP contribution in [0.3, 0.4) is 0 Å². The van der Waals surface area contributed by atoms with Crippen LogP contribution in [-0.4, -0.2) is 28.6 Å². The van der Waals surface area contributed by atoms with E-state index in [-0.39, 0.29) is 30.4 Å². The Balaban J connectivity index is 1.67. The maximum absolute atomic E-state index is 12.4. The number of fused-ring (bicyclic) bond motifs is 2. The molecule has 4 nitrogen and oxygen atoms in total. The number of carbonyl (C=O) groups is 1. The number of aliphatic hydroxyl groups excluding tert-OH is 1. The minimum atomic E-state index is -0.192. The van der Waals surface area contributed by atoms with Crippen molar-refractivity contribution in [1.29, 1.82) is 0 Å². The third-order valence-electron chi connectivity index (χ3n) is 5.19. The van der Waals surface area contributed by atoms with Crippen molar-refractivity contribution >= 4 is 5.91 Å². The summed E-state index contributed by atoms with van der Waals surface area (Å²) in [5, 5.41) is 12.7. The molecule has 0 radical (unpaired) electrons. The summed E-state index contributed by atoms with van der Waals surface area (Å²) in [5.41, 5.74) is 0.939. The van der Waals surface area contributed by atoms with Crippen LogP contribution in [0.25, 0.3) is 0 Å². The van der Waals surface area contributed by atoms with Gasteiger partial charge in [0.15, 0.2) is 0 Å². The third kappa shape index (κ3) is 2.33. The molecule has 4 heteroatoms. The number of pyridine rings is 1. The molecular weight excluding hydrogens is 252 g/mol. The van der Waals surface area contributed by atoms with Crippen molar-refractivity contribution in [3.63, 3.8) is 0 Å². The average Bonchev–Trinajstić information content (AvgIpc) is 3.08. The second kappa shape index (κ2) is 5.52. The van der Waals surface area contributed by atoms with Crippen LogP contribution in [0.15, 0.2) is 24.5 Å². The van der Waals surface area contributed by atoms with Crippen LogP contribution >= 0.6 is 0 Å². The fraction of sp³-hybridized carbons (Fsp3) is 0.625. The first-order chi connectivity index (χ1) is 9.70. The first kappa shape index (κ1) is 13.6. The van der Waals surface area contributed by atoms with Gasteiger partial charge in [-0.25, -0.2) is 0 Å². The van der Waals surface area contributed by atoms with Crippen LogP contribution in [0.1, 0.15) is 37.7 Å². The second-order valence-corrected chi connectivity index (χ2v) is 6.22. The van der Waals surface area contributed by atoms with Crippen LogP contribution in [0, 0.1) is 17.8 Å². The molecule has 2 N–H and O–H groups in total. The normalized spacial score (nSPS) is 33.1. The van der Waals surface area contributed by atoms with Crippen LogP contribution in [0.5, 0.6) is 0 Å². The molecule has 2 saturated carbocycles. The highest BCUT2D eigenvalue weighted by Gasteiger charge is 2.47. The Hall–Kier alpha value is -1.42. The van der Waals surface area contributed by atoms with Crippen molar-refractivity contribution < 1.29 is 9.90 Å². The molecule has 3 rings (SSSR count). The standard InChI is InChI=1S/C16H22N2O2/c1-10(13-3-2-6-17-8-13)16(20)18-15-12-5-4-11(7-12)14(15)9-19/h2-3,6,8,10-12,14-15,19H,4-5,7,9H2,1H3,(H,18,20). The Morgan fingerprint density at radius 1 is 1.50 bits per heavy atom. The number of carbonyl (C=O) groups excluding carboxylic acids is 1. The lowest BCUT2D eigenvalue weighted by molar-refractivity contribution is -0.123. The van der Waals surface area contributed by atoms with Crippen LogP contribution in [0.2, 0.25) is 0 Å². The van der Waals surface area contributed by atoms with Crippen LogP contribution in [0.4, 0.5) is 0 Å². The van der Waals surface area contributed by atoms with Gasteiger partial charge in [0.25, 0.3) is 0 Å². The summed E-state index contributed by atoms with van der Waals surface area (Å²) in [5.74, 6) is 1.26. The molecule has 108 valence electrons. The van der Waals surface area contributed by atoms with E-state index in [1.54, 1.807) is 12.4 Å². The predicted molar refractivity (Wildman–Crippen MR) is 76.0 cm³/mol. The second-order valence-electron chi connectivity index (χ2n) is 6.22. The molecule has 1 aromatic rings. The summed E-state index contributed by atoms with van der Waals surface area (Å²) in [4.78, 5) is 16.5. The Morgan fingerprint density at radius 3 is 3.00 bits per heavy atom. The summed E-state index contributed by atoms with van der Waals surface area (Å²) in [6.07, 6.45) is 7.02. The van der Waals surface area contributed by atoms with E-state index in [4.69, 9.17) is 0 Å². The SMILES string of the molecule is CC(C(=O)NC1C2CCC(C2)C1CO)c1cccnc1. The van der Waals surface area contributed by atoms with E-state index in [1.807, 2.05) is 19.1 Å². The van der Waals surface area contributed by atoms with Gasteiger partial charge in [0.1, 0.15) is 0 Å². The number of amides is 1. The van der Waals surface area contributed by atoms with Crippen molar-refractivity contribution in [3.05, 3.63) is 30.1 Å². The quantitative estimate of drug-likeness (QED) is 0.878. The molecule has 1 aromatic heterocycles. The summed E-state index contributed by atoms with van der Waals surface area (Å²) in [6.45, 7) is 2.10. The fourth-order valence-electron chi connectivity index (χ4n) is 3.97. The molecule has 0 spiro atoms. The van der Waals surface area contributed by atoms with Crippen molar-refractivity contribution in [1.82, 2.24) is 10.3 Å². The Morgan fingerprint density at radius 2 is 2.30 bits per heavy atom. The highest BCUT2D eigenvalue weighted by Crippen LogP contribution is 2.48. The Labute approximate surface area is 119 Å². The smallest absolute Gasteiger partial charge is 0.227 e. The molecule has 2 aliphatic carbocycles. The van der Waals surface area contributed by atoms with Crippen molar-refractivity contribution in [2.45, 2.75) is 38.1 Å². The third-order valence-corrected chi connectivity index (χ3v) is 5.19. The van der Waals surface area contributed by atoms with E-state index in [9.17, 15) is 9.90 Å². The lowest BCUT2D eigenvalue weighted by Crippen LogP contribution is -2.46. The topological polar surface area (TPSA) is 62.2 Å². The average molecular weight is 274 g/mol. The zero-order valence-electron chi connectivity index (χ0n) is 11.8. The molecule has 0 aliphatic heterocycles. The number of hydrogen-bond acceptors (Lipinski definition) is 3. The first-order valence-corrected chi connectivity index (χ1v) is 7.52. The summed E-state index contributed by atoms with van der Waals surface area (Å²) in [7, 11) is 0. The zero-order chi connectivity index (χ0) is 14.1. The van der Waals surface area contributed by atoms with Gasteiger partial charge >= 0.3 is 0 Å². The Bertz CT molecular complexity index is 477. The van der Waals surface area contributed by atoms with E-state index >= 15 is 0 Å². The van der Waals surface area contributed by atoms with Gasteiger partial charge in [-0.2, -0.15) is 0 Å². The van der Waals surface area contributed by atoms with Crippen LogP contribution in [-0.2, 0) is 4.79 Å². The zero-order valence-corrected chi connectivity index (χ0v) is 11.8. The van der Waals surface area contributed by atoms with Crippen molar-refractivity contribution in [2.24, 2.45) is 17.8 Å². The van der Waals surface area contributed by atoms with Gasteiger partial charge in [-0.05, 0) is 49.7 Å². The van der Waals surface area contributed by atoms with Crippen molar-refractivity contribution in [3.8, 4) is 0 Å². The van der Waals surface area contributed by atoms with Gasteiger partial charge in [0, 0.05) is 31.0 Å². The van der Waals surface area contributed by atoms with Gasteiger partial charge in [0.2, 0.25) is 5.91 Å². The molecule has 2 fully saturated rings.